The second-order valence-corrected chi connectivity index (χ2v) is 9.99. The second-order valence-electron chi connectivity index (χ2n) is 9.99. The quantitative estimate of drug-likeness (QED) is 0.263. The highest BCUT2D eigenvalue weighted by Gasteiger charge is 2.25. The molecule has 5 nitrogen and oxygen atoms in total. The molecule has 5 heteroatoms. The average molecular weight is 502 g/mol. The summed E-state index contributed by atoms with van der Waals surface area (Å²) in [5.74, 6) is 0.0693. The molecular formula is C32H43N3O2. The molecule has 198 valence electrons. The highest BCUT2D eigenvalue weighted by Crippen LogP contribution is 2.17. The molecule has 1 atom stereocenters. The first kappa shape index (κ1) is 28.2. The van der Waals surface area contributed by atoms with Gasteiger partial charge in [-0.15, -0.1) is 0 Å². The largest absolute Gasteiger partial charge is 0.345 e. The van der Waals surface area contributed by atoms with Gasteiger partial charge in [-0.2, -0.15) is 0 Å². The minimum absolute atomic E-state index is 0.0159. The van der Waals surface area contributed by atoms with Crippen LogP contribution >= 0.6 is 0 Å². The zero-order chi connectivity index (χ0) is 26.6. The highest BCUT2D eigenvalue weighted by atomic mass is 16.2. The van der Waals surface area contributed by atoms with Crippen molar-refractivity contribution in [1.82, 2.24) is 14.4 Å². The van der Waals surface area contributed by atoms with Crippen LogP contribution in [0.3, 0.4) is 0 Å². The van der Waals surface area contributed by atoms with Gasteiger partial charge < -0.3 is 14.4 Å². The molecule has 0 aliphatic carbocycles. The Balaban J connectivity index is 1.71. The summed E-state index contributed by atoms with van der Waals surface area (Å²) in [6.07, 6.45) is 5.94. The Morgan fingerprint density at radius 3 is 2.35 bits per heavy atom. The molecule has 0 aliphatic heterocycles. The van der Waals surface area contributed by atoms with Crippen molar-refractivity contribution in [2.75, 3.05) is 13.1 Å². The number of carbonyl (C=O) groups excluding carboxylic acids is 2. The van der Waals surface area contributed by atoms with Gasteiger partial charge in [0.05, 0.1) is 13.1 Å². The molecule has 1 unspecified atom stereocenters. The Kier molecular flexibility index (Phi) is 11.0. The average Bonchev–Trinajstić information content (AvgIpc) is 3.36. The predicted octanol–water partition coefficient (Wildman–Crippen LogP) is 6.23. The standard InChI is InChI=1S/C32H43N3O2/c1-5-7-21-34(31(36)20-19-28-15-9-8-10-16-28)25-32(37)35(27(4)6-2)24-30-18-13-22-33(30)23-29-17-12-11-14-26(29)3/h8-18,22,27H,5-7,19-21,23-25H2,1-4H3. The molecule has 1 aromatic heterocycles. The van der Waals surface area contributed by atoms with E-state index in [0.717, 1.165) is 37.1 Å². The normalized spacial score (nSPS) is 11.8. The van der Waals surface area contributed by atoms with Crippen molar-refractivity contribution in [3.8, 4) is 0 Å². The van der Waals surface area contributed by atoms with Crippen LogP contribution in [-0.2, 0) is 29.1 Å². The highest BCUT2D eigenvalue weighted by molar-refractivity contribution is 5.85. The van der Waals surface area contributed by atoms with E-state index in [-0.39, 0.29) is 24.4 Å². The maximum atomic E-state index is 13.7. The molecule has 0 aliphatic rings. The molecule has 1 heterocycles. The molecular weight excluding hydrogens is 458 g/mol. The minimum Gasteiger partial charge on any atom is -0.345 e. The lowest BCUT2D eigenvalue weighted by molar-refractivity contribution is -0.142. The first-order chi connectivity index (χ1) is 17.9. The Morgan fingerprint density at radius 2 is 1.65 bits per heavy atom. The van der Waals surface area contributed by atoms with Crippen molar-refractivity contribution in [2.24, 2.45) is 0 Å². The molecule has 0 saturated carbocycles. The summed E-state index contributed by atoms with van der Waals surface area (Å²) in [6.45, 7) is 10.5. The fraction of sp³-hybridized carbons (Fsp3) is 0.438. The van der Waals surface area contributed by atoms with Gasteiger partial charge >= 0.3 is 0 Å². The number of rotatable bonds is 14. The van der Waals surface area contributed by atoms with Gasteiger partial charge in [-0.05, 0) is 61.9 Å². The molecule has 2 aromatic carbocycles. The van der Waals surface area contributed by atoms with Crippen LogP contribution < -0.4 is 0 Å². The Bertz CT molecular complexity index is 1120. The van der Waals surface area contributed by atoms with Gasteiger partial charge in [0.25, 0.3) is 0 Å². The molecule has 0 radical (unpaired) electrons. The summed E-state index contributed by atoms with van der Waals surface area (Å²) >= 11 is 0. The monoisotopic (exact) mass is 501 g/mol. The van der Waals surface area contributed by atoms with Gasteiger partial charge in [-0.1, -0.05) is 74.9 Å². The maximum absolute atomic E-state index is 13.7. The van der Waals surface area contributed by atoms with Gasteiger partial charge in [-0.25, -0.2) is 0 Å². The third-order valence-corrected chi connectivity index (χ3v) is 7.23. The number of hydrogen-bond acceptors (Lipinski definition) is 2. The van der Waals surface area contributed by atoms with Gasteiger partial charge in [0.2, 0.25) is 11.8 Å². The van der Waals surface area contributed by atoms with Crippen LogP contribution in [0.1, 0.15) is 68.8 Å². The molecule has 3 aromatic rings. The lowest BCUT2D eigenvalue weighted by atomic mass is 10.1. The van der Waals surface area contributed by atoms with Crippen molar-refractivity contribution in [3.05, 3.63) is 95.3 Å². The topological polar surface area (TPSA) is 45.6 Å². The second kappa shape index (κ2) is 14.4. The number of unbranched alkanes of at least 4 members (excludes halogenated alkanes) is 1. The van der Waals surface area contributed by atoms with Gasteiger partial charge in [0.1, 0.15) is 0 Å². The Labute approximate surface area is 223 Å². The van der Waals surface area contributed by atoms with Crippen LogP contribution in [0.25, 0.3) is 0 Å². The third kappa shape index (κ3) is 8.34. The molecule has 3 rings (SSSR count). The number of amides is 2. The zero-order valence-corrected chi connectivity index (χ0v) is 23.0. The Hall–Kier alpha value is -3.34. The Morgan fingerprint density at radius 1 is 0.919 bits per heavy atom. The van der Waals surface area contributed by atoms with Gasteiger partial charge in [-0.3, -0.25) is 9.59 Å². The van der Waals surface area contributed by atoms with E-state index in [0.29, 0.717) is 25.9 Å². The molecule has 2 amide bonds. The van der Waals surface area contributed by atoms with Crippen LogP contribution in [0.2, 0.25) is 0 Å². The van der Waals surface area contributed by atoms with Crippen LogP contribution in [0.4, 0.5) is 0 Å². The van der Waals surface area contributed by atoms with Crippen LogP contribution in [0.15, 0.2) is 72.9 Å². The van der Waals surface area contributed by atoms with E-state index in [2.05, 4.69) is 68.8 Å². The van der Waals surface area contributed by atoms with Crippen molar-refractivity contribution in [1.29, 1.82) is 0 Å². The van der Waals surface area contributed by atoms with E-state index in [1.54, 1.807) is 4.90 Å². The van der Waals surface area contributed by atoms with E-state index < -0.39 is 0 Å². The fourth-order valence-electron chi connectivity index (χ4n) is 4.55. The van der Waals surface area contributed by atoms with Gasteiger partial charge in [0.15, 0.2) is 0 Å². The molecule has 0 N–H and O–H groups in total. The van der Waals surface area contributed by atoms with Crippen LogP contribution in [0, 0.1) is 6.92 Å². The van der Waals surface area contributed by atoms with E-state index in [1.165, 1.54) is 11.1 Å². The number of aryl methyl sites for hydroxylation is 2. The van der Waals surface area contributed by atoms with Crippen LogP contribution in [-0.4, -0.2) is 45.3 Å². The molecule has 0 saturated heterocycles. The van der Waals surface area contributed by atoms with Crippen molar-refractivity contribution in [3.63, 3.8) is 0 Å². The van der Waals surface area contributed by atoms with E-state index in [4.69, 9.17) is 0 Å². The SMILES string of the molecule is CCCCN(CC(=O)N(Cc1cccn1Cc1ccccc1C)C(C)CC)C(=O)CCc1ccccc1. The summed E-state index contributed by atoms with van der Waals surface area (Å²) in [5, 5.41) is 0. The number of benzene rings is 2. The smallest absolute Gasteiger partial charge is 0.242 e. The minimum atomic E-state index is 0.0159. The molecule has 0 fully saturated rings. The lowest BCUT2D eigenvalue weighted by Crippen LogP contribution is -2.46. The van der Waals surface area contributed by atoms with Crippen LogP contribution in [0.5, 0.6) is 0 Å². The summed E-state index contributed by atoms with van der Waals surface area (Å²) < 4.78 is 2.23. The lowest BCUT2D eigenvalue weighted by Gasteiger charge is -2.32. The number of nitrogens with zero attached hydrogens (tertiary/aromatic N) is 3. The van der Waals surface area contributed by atoms with E-state index in [9.17, 15) is 9.59 Å². The zero-order valence-electron chi connectivity index (χ0n) is 23.0. The molecule has 0 spiro atoms. The first-order valence-electron chi connectivity index (χ1n) is 13.7. The van der Waals surface area contributed by atoms with E-state index in [1.807, 2.05) is 41.3 Å². The molecule has 37 heavy (non-hydrogen) atoms. The maximum Gasteiger partial charge on any atom is 0.242 e. The summed E-state index contributed by atoms with van der Waals surface area (Å²) in [6, 6.07) is 22.7. The first-order valence-corrected chi connectivity index (χ1v) is 13.7. The van der Waals surface area contributed by atoms with Crippen molar-refractivity contribution in [2.45, 2.75) is 78.9 Å². The summed E-state index contributed by atoms with van der Waals surface area (Å²) in [7, 11) is 0. The van der Waals surface area contributed by atoms with Crippen molar-refractivity contribution >= 4 is 11.8 Å². The summed E-state index contributed by atoms with van der Waals surface area (Å²) in [5.41, 5.74) is 4.79. The number of carbonyl (C=O) groups is 2. The summed E-state index contributed by atoms with van der Waals surface area (Å²) in [4.78, 5) is 30.6. The number of aromatic nitrogens is 1. The van der Waals surface area contributed by atoms with E-state index >= 15 is 0 Å². The third-order valence-electron chi connectivity index (χ3n) is 7.23. The van der Waals surface area contributed by atoms with Gasteiger partial charge in [0, 0.05) is 37.4 Å². The number of hydrogen-bond donors (Lipinski definition) is 0. The van der Waals surface area contributed by atoms with Crippen molar-refractivity contribution < 1.29 is 9.59 Å². The fourth-order valence-corrected chi connectivity index (χ4v) is 4.55. The predicted molar refractivity (Wildman–Crippen MR) is 151 cm³/mol. The molecule has 0 bridgehead atoms.